The van der Waals surface area contributed by atoms with Crippen molar-refractivity contribution < 1.29 is 14.8 Å². The van der Waals surface area contributed by atoms with Crippen LogP contribution in [0.4, 0.5) is 5.69 Å². The fourth-order valence-electron chi connectivity index (χ4n) is 1.83. The molecule has 1 aromatic carbocycles. The molecule has 1 aromatic rings. The molecular weight excluding hydrogens is 328 g/mol. The van der Waals surface area contributed by atoms with Crippen LogP contribution in [0.5, 0.6) is 0 Å². The summed E-state index contributed by atoms with van der Waals surface area (Å²) in [5.41, 5.74) is -0.694. The first-order valence-electron chi connectivity index (χ1n) is 6.27. The predicted octanol–water partition coefficient (Wildman–Crippen LogP) is 2.64. The number of amides is 1. The zero-order chi connectivity index (χ0) is 15.3. The minimum atomic E-state index is -0.707. The molecule has 1 rings (SSSR count). The van der Waals surface area contributed by atoms with Crippen molar-refractivity contribution in [1.29, 1.82) is 0 Å². The molecule has 0 aromatic heterocycles. The number of nitrogens with zero attached hydrogens (tertiary/aromatic N) is 1. The van der Waals surface area contributed by atoms with Crippen LogP contribution in [0.3, 0.4) is 0 Å². The van der Waals surface area contributed by atoms with E-state index in [1.807, 2.05) is 13.8 Å². The summed E-state index contributed by atoms with van der Waals surface area (Å²) in [4.78, 5) is 22.6. The number of benzene rings is 1. The first-order valence-corrected chi connectivity index (χ1v) is 7.06. The summed E-state index contributed by atoms with van der Waals surface area (Å²) in [6.45, 7) is 3.54. The fourth-order valence-corrected chi connectivity index (χ4v) is 2.42. The van der Waals surface area contributed by atoms with Crippen LogP contribution >= 0.6 is 15.9 Å². The molecular formula is C13H17BrN2O4. The Labute approximate surface area is 125 Å². The lowest BCUT2D eigenvalue weighted by molar-refractivity contribution is -0.385. The number of nitrogens with one attached hydrogen (secondary N) is 1. The van der Waals surface area contributed by atoms with Crippen LogP contribution in [0.2, 0.25) is 0 Å². The molecule has 0 fully saturated rings. The highest BCUT2D eigenvalue weighted by Gasteiger charge is 2.29. The van der Waals surface area contributed by atoms with Gasteiger partial charge in [-0.2, -0.15) is 0 Å². The average Bonchev–Trinajstić information content (AvgIpc) is 2.44. The molecule has 110 valence electrons. The van der Waals surface area contributed by atoms with E-state index in [0.29, 0.717) is 12.8 Å². The van der Waals surface area contributed by atoms with Crippen molar-refractivity contribution in [2.24, 2.45) is 0 Å². The Morgan fingerprint density at radius 1 is 1.45 bits per heavy atom. The SMILES string of the molecule is CCC(CC)(CO)NC(=O)c1cccc([N+](=O)[O-])c1Br. The third-order valence-electron chi connectivity index (χ3n) is 3.45. The summed E-state index contributed by atoms with van der Waals surface area (Å²) in [7, 11) is 0. The van der Waals surface area contributed by atoms with Gasteiger partial charge in [0.2, 0.25) is 0 Å². The van der Waals surface area contributed by atoms with Gasteiger partial charge >= 0.3 is 0 Å². The van der Waals surface area contributed by atoms with Crippen molar-refractivity contribution >= 4 is 27.5 Å². The van der Waals surface area contributed by atoms with Crippen LogP contribution in [-0.2, 0) is 0 Å². The van der Waals surface area contributed by atoms with Gasteiger partial charge in [-0.15, -0.1) is 0 Å². The van der Waals surface area contributed by atoms with Crippen LogP contribution in [0, 0.1) is 10.1 Å². The Bertz CT molecular complexity index is 507. The number of rotatable bonds is 6. The number of carbonyl (C=O) groups is 1. The maximum absolute atomic E-state index is 12.3. The van der Waals surface area contributed by atoms with Crippen LogP contribution in [0.25, 0.3) is 0 Å². The van der Waals surface area contributed by atoms with Gasteiger partial charge in [-0.1, -0.05) is 19.9 Å². The van der Waals surface area contributed by atoms with Gasteiger partial charge in [0.1, 0.15) is 4.47 Å². The first-order chi connectivity index (χ1) is 9.40. The Balaban J connectivity index is 3.10. The summed E-state index contributed by atoms with van der Waals surface area (Å²) >= 11 is 3.09. The van der Waals surface area contributed by atoms with E-state index in [2.05, 4.69) is 21.2 Å². The highest BCUT2D eigenvalue weighted by Crippen LogP contribution is 2.28. The lowest BCUT2D eigenvalue weighted by atomic mass is 9.93. The van der Waals surface area contributed by atoms with Gasteiger partial charge in [0.05, 0.1) is 22.6 Å². The van der Waals surface area contributed by atoms with Gasteiger partial charge < -0.3 is 10.4 Å². The molecule has 0 atom stereocenters. The van der Waals surface area contributed by atoms with Crippen molar-refractivity contribution in [2.75, 3.05) is 6.61 Å². The predicted molar refractivity (Wildman–Crippen MR) is 78.7 cm³/mol. The summed E-state index contributed by atoms with van der Waals surface area (Å²) < 4.78 is 0.140. The Morgan fingerprint density at radius 3 is 2.50 bits per heavy atom. The summed E-state index contributed by atoms with van der Waals surface area (Å²) in [5, 5.41) is 23.1. The van der Waals surface area contributed by atoms with E-state index in [4.69, 9.17) is 0 Å². The largest absolute Gasteiger partial charge is 0.394 e. The normalized spacial score (nSPS) is 11.2. The van der Waals surface area contributed by atoms with E-state index in [9.17, 15) is 20.0 Å². The Kier molecular flexibility index (Phi) is 5.64. The summed E-state index contributed by atoms with van der Waals surface area (Å²) in [6.07, 6.45) is 1.14. The third-order valence-corrected chi connectivity index (χ3v) is 4.29. The molecule has 0 aliphatic rings. The highest BCUT2D eigenvalue weighted by atomic mass is 79.9. The van der Waals surface area contributed by atoms with Crippen LogP contribution in [0.1, 0.15) is 37.0 Å². The Hall–Kier alpha value is -1.47. The van der Waals surface area contributed by atoms with Crippen molar-refractivity contribution in [3.63, 3.8) is 0 Å². The maximum Gasteiger partial charge on any atom is 0.284 e. The summed E-state index contributed by atoms with van der Waals surface area (Å²) in [6, 6.07) is 4.27. The molecule has 6 nitrogen and oxygen atoms in total. The molecule has 0 saturated heterocycles. The molecule has 0 radical (unpaired) electrons. The minimum Gasteiger partial charge on any atom is -0.394 e. The monoisotopic (exact) mass is 344 g/mol. The quantitative estimate of drug-likeness (QED) is 0.612. The first kappa shape index (κ1) is 16.6. The summed E-state index contributed by atoms with van der Waals surface area (Å²) in [5.74, 6) is -0.446. The number of nitro groups is 1. The second-order valence-electron chi connectivity index (χ2n) is 4.50. The van der Waals surface area contributed by atoms with E-state index in [-0.39, 0.29) is 22.3 Å². The van der Waals surface area contributed by atoms with E-state index >= 15 is 0 Å². The number of carbonyl (C=O) groups excluding carboxylic acids is 1. The molecule has 1 amide bonds. The molecule has 2 N–H and O–H groups in total. The number of aliphatic hydroxyl groups is 1. The minimum absolute atomic E-state index is 0.140. The van der Waals surface area contributed by atoms with Gasteiger partial charge in [0.25, 0.3) is 11.6 Å². The second-order valence-corrected chi connectivity index (χ2v) is 5.29. The topological polar surface area (TPSA) is 92.5 Å². The molecule has 0 aliphatic carbocycles. The van der Waals surface area contributed by atoms with E-state index in [1.165, 1.54) is 18.2 Å². The molecule has 0 heterocycles. The fraction of sp³-hybridized carbons (Fsp3) is 0.462. The number of aliphatic hydroxyl groups excluding tert-OH is 1. The number of hydrogen-bond acceptors (Lipinski definition) is 4. The van der Waals surface area contributed by atoms with Gasteiger partial charge in [0.15, 0.2) is 0 Å². The smallest absolute Gasteiger partial charge is 0.284 e. The van der Waals surface area contributed by atoms with Gasteiger partial charge in [-0.05, 0) is 34.8 Å². The number of hydrogen-bond donors (Lipinski definition) is 2. The Morgan fingerprint density at radius 2 is 2.05 bits per heavy atom. The van der Waals surface area contributed by atoms with Crippen molar-refractivity contribution in [2.45, 2.75) is 32.2 Å². The maximum atomic E-state index is 12.3. The van der Waals surface area contributed by atoms with Crippen LogP contribution < -0.4 is 5.32 Å². The standard InChI is InChI=1S/C13H17BrN2O4/c1-3-13(4-2,8-17)15-12(18)9-6-5-7-10(11(9)14)16(19)20/h5-7,17H,3-4,8H2,1-2H3,(H,15,18). The van der Waals surface area contributed by atoms with Crippen LogP contribution in [-0.4, -0.2) is 28.1 Å². The van der Waals surface area contributed by atoms with Crippen molar-refractivity contribution in [3.8, 4) is 0 Å². The molecule has 0 saturated carbocycles. The molecule has 0 aliphatic heterocycles. The second kappa shape index (κ2) is 6.81. The van der Waals surface area contributed by atoms with Gasteiger partial charge in [-0.3, -0.25) is 14.9 Å². The zero-order valence-corrected chi connectivity index (χ0v) is 12.9. The zero-order valence-electron chi connectivity index (χ0n) is 11.4. The number of nitro benzene ring substituents is 1. The lowest BCUT2D eigenvalue weighted by Gasteiger charge is -2.30. The van der Waals surface area contributed by atoms with Gasteiger partial charge in [-0.25, -0.2) is 0 Å². The van der Waals surface area contributed by atoms with Gasteiger partial charge in [0, 0.05) is 6.07 Å². The molecule has 0 unspecified atom stereocenters. The molecule has 7 heteroatoms. The average molecular weight is 345 g/mol. The molecule has 0 bridgehead atoms. The van der Waals surface area contributed by atoms with E-state index < -0.39 is 16.4 Å². The molecule has 0 spiro atoms. The van der Waals surface area contributed by atoms with Crippen molar-refractivity contribution in [3.05, 3.63) is 38.3 Å². The highest BCUT2D eigenvalue weighted by molar-refractivity contribution is 9.10. The van der Waals surface area contributed by atoms with Crippen molar-refractivity contribution in [1.82, 2.24) is 5.32 Å². The van der Waals surface area contributed by atoms with E-state index in [0.717, 1.165) is 0 Å². The lowest BCUT2D eigenvalue weighted by Crippen LogP contribution is -2.50. The van der Waals surface area contributed by atoms with E-state index in [1.54, 1.807) is 0 Å². The third kappa shape index (κ3) is 3.34. The van der Waals surface area contributed by atoms with Crippen LogP contribution in [0.15, 0.2) is 22.7 Å². The number of halogens is 1. The molecule has 20 heavy (non-hydrogen) atoms.